The molecule has 3 aliphatic rings. The molecule has 2 saturated heterocycles. The van der Waals surface area contributed by atoms with E-state index in [1.54, 1.807) is 18.1 Å². The minimum Gasteiger partial charge on any atom is -0.383 e. The smallest absolute Gasteiger partial charge is 0.253 e. The van der Waals surface area contributed by atoms with Gasteiger partial charge in [-0.25, -0.2) is 0 Å². The molecule has 3 amide bonds. The van der Waals surface area contributed by atoms with E-state index < -0.39 is 5.41 Å². The first-order valence-corrected chi connectivity index (χ1v) is 10.9. The van der Waals surface area contributed by atoms with Gasteiger partial charge >= 0.3 is 0 Å². The first kappa shape index (κ1) is 20.8. The number of rotatable bonds is 6. The Morgan fingerprint density at radius 1 is 1.23 bits per heavy atom. The Balaban J connectivity index is 1.43. The predicted molar refractivity (Wildman–Crippen MR) is 113 cm³/mol. The van der Waals surface area contributed by atoms with Crippen LogP contribution in [-0.2, 0) is 14.3 Å². The van der Waals surface area contributed by atoms with Crippen molar-refractivity contribution in [3.8, 4) is 0 Å². The number of ether oxygens (including phenoxy) is 1. The van der Waals surface area contributed by atoms with E-state index in [2.05, 4.69) is 5.32 Å². The number of amides is 3. The van der Waals surface area contributed by atoms with Crippen LogP contribution in [0, 0.1) is 18.3 Å². The number of carbonyl (C=O) groups excluding carboxylic acids is 3. The third kappa shape index (κ3) is 3.83. The average molecular weight is 414 g/mol. The van der Waals surface area contributed by atoms with Crippen molar-refractivity contribution in [1.29, 1.82) is 0 Å². The van der Waals surface area contributed by atoms with Gasteiger partial charge in [0.05, 0.1) is 12.0 Å². The highest BCUT2D eigenvalue weighted by Gasteiger charge is 2.51. The third-order valence-electron chi connectivity index (χ3n) is 7.03. The summed E-state index contributed by atoms with van der Waals surface area (Å²) in [6.07, 6.45) is 4.48. The Morgan fingerprint density at radius 2 is 2.00 bits per heavy atom. The summed E-state index contributed by atoms with van der Waals surface area (Å²) in [6, 6.07) is 5.46. The summed E-state index contributed by atoms with van der Waals surface area (Å²) in [4.78, 5) is 42.1. The summed E-state index contributed by atoms with van der Waals surface area (Å²) in [7, 11) is 1.64. The fraction of sp³-hybridized carbons (Fsp3) is 0.609. The van der Waals surface area contributed by atoms with Crippen LogP contribution >= 0.6 is 0 Å². The molecule has 7 nitrogen and oxygen atoms in total. The number of likely N-dealkylation sites (tertiary alicyclic amines) is 2. The van der Waals surface area contributed by atoms with Gasteiger partial charge in [-0.2, -0.15) is 0 Å². The van der Waals surface area contributed by atoms with E-state index in [-0.39, 0.29) is 23.6 Å². The number of nitrogens with zero attached hydrogens (tertiary/aromatic N) is 2. The quantitative estimate of drug-likeness (QED) is 0.777. The van der Waals surface area contributed by atoms with Crippen LogP contribution in [0.2, 0.25) is 0 Å². The van der Waals surface area contributed by atoms with Gasteiger partial charge in [-0.1, -0.05) is 12.5 Å². The van der Waals surface area contributed by atoms with Crippen LogP contribution in [0.5, 0.6) is 0 Å². The Bertz CT molecular complexity index is 851. The monoisotopic (exact) mass is 413 g/mol. The lowest BCUT2D eigenvalue weighted by Crippen LogP contribution is -2.39. The van der Waals surface area contributed by atoms with E-state index in [0.29, 0.717) is 43.9 Å². The topological polar surface area (TPSA) is 79.0 Å². The van der Waals surface area contributed by atoms with Gasteiger partial charge in [0, 0.05) is 50.5 Å². The minimum absolute atomic E-state index is 0.0433. The molecule has 162 valence electrons. The lowest BCUT2D eigenvalue weighted by molar-refractivity contribution is -0.135. The van der Waals surface area contributed by atoms with Crippen LogP contribution in [0.15, 0.2) is 18.2 Å². The predicted octanol–water partition coefficient (Wildman–Crippen LogP) is 2.44. The van der Waals surface area contributed by atoms with E-state index in [9.17, 15) is 14.4 Å². The van der Waals surface area contributed by atoms with Crippen LogP contribution in [0.4, 0.5) is 5.69 Å². The highest BCUT2D eigenvalue weighted by molar-refractivity contribution is 5.99. The largest absolute Gasteiger partial charge is 0.383 e. The highest BCUT2D eigenvalue weighted by atomic mass is 16.5. The van der Waals surface area contributed by atoms with Gasteiger partial charge in [-0.15, -0.1) is 0 Å². The Kier molecular flexibility index (Phi) is 5.82. The number of carbonyl (C=O) groups is 3. The molecular formula is C23H31N3O4. The molecule has 1 aromatic carbocycles. The number of benzene rings is 1. The molecule has 0 bridgehead atoms. The number of methoxy groups -OCH3 is 1. The zero-order valence-electron chi connectivity index (χ0n) is 17.9. The van der Waals surface area contributed by atoms with Crippen molar-refractivity contribution in [2.24, 2.45) is 11.3 Å². The fourth-order valence-corrected chi connectivity index (χ4v) is 4.71. The van der Waals surface area contributed by atoms with Crippen LogP contribution in [0.1, 0.15) is 48.0 Å². The molecule has 4 rings (SSSR count). The number of anilines is 1. The molecule has 0 aromatic heterocycles. The number of hydrogen-bond donors (Lipinski definition) is 1. The molecule has 1 unspecified atom stereocenters. The lowest BCUT2D eigenvalue weighted by atomic mass is 9.84. The first-order valence-electron chi connectivity index (χ1n) is 10.9. The fourth-order valence-electron chi connectivity index (χ4n) is 4.71. The Morgan fingerprint density at radius 3 is 2.70 bits per heavy atom. The van der Waals surface area contributed by atoms with Crippen molar-refractivity contribution in [2.75, 3.05) is 45.2 Å². The molecule has 1 spiro atoms. The summed E-state index contributed by atoms with van der Waals surface area (Å²) < 4.78 is 5.11. The summed E-state index contributed by atoms with van der Waals surface area (Å²) in [5.74, 6) is 0.208. The van der Waals surface area contributed by atoms with Gasteiger partial charge in [0.25, 0.3) is 5.91 Å². The van der Waals surface area contributed by atoms with Gasteiger partial charge in [-0.05, 0) is 50.3 Å². The SMILES string of the molecule is COCCN1CCC2(CCN(C(=O)c3ccc(C)c(NC(=O)C4CCC4)c3)C2)C1=O. The van der Waals surface area contributed by atoms with Crippen molar-refractivity contribution >= 4 is 23.4 Å². The van der Waals surface area contributed by atoms with Gasteiger partial charge in [-0.3, -0.25) is 14.4 Å². The summed E-state index contributed by atoms with van der Waals surface area (Å²) >= 11 is 0. The van der Waals surface area contributed by atoms with E-state index >= 15 is 0 Å². The van der Waals surface area contributed by atoms with Crippen molar-refractivity contribution in [1.82, 2.24) is 9.80 Å². The maximum atomic E-state index is 13.2. The first-order chi connectivity index (χ1) is 14.4. The average Bonchev–Trinajstić information content (AvgIpc) is 3.25. The summed E-state index contributed by atoms with van der Waals surface area (Å²) in [5.41, 5.74) is 1.75. The molecule has 1 N–H and O–H groups in total. The number of aryl methyl sites for hydroxylation is 1. The number of hydrogen-bond acceptors (Lipinski definition) is 4. The third-order valence-corrected chi connectivity index (χ3v) is 7.03. The van der Waals surface area contributed by atoms with E-state index in [1.807, 2.05) is 24.0 Å². The zero-order valence-corrected chi connectivity index (χ0v) is 17.9. The van der Waals surface area contributed by atoms with Gasteiger partial charge in [0.15, 0.2) is 0 Å². The normalized spacial score (nSPS) is 23.9. The van der Waals surface area contributed by atoms with Crippen molar-refractivity contribution < 1.29 is 19.1 Å². The molecule has 2 heterocycles. The zero-order chi connectivity index (χ0) is 21.3. The molecule has 1 atom stereocenters. The van der Waals surface area contributed by atoms with E-state index in [4.69, 9.17) is 4.74 Å². The molecule has 0 radical (unpaired) electrons. The number of nitrogens with one attached hydrogen (secondary N) is 1. The lowest BCUT2D eigenvalue weighted by Gasteiger charge is -2.25. The molecular weight excluding hydrogens is 382 g/mol. The van der Waals surface area contributed by atoms with Gasteiger partial charge in [0.2, 0.25) is 11.8 Å². The van der Waals surface area contributed by atoms with E-state index in [0.717, 1.165) is 37.8 Å². The molecule has 1 aromatic rings. The summed E-state index contributed by atoms with van der Waals surface area (Å²) in [5, 5.41) is 3.00. The second-order valence-electron chi connectivity index (χ2n) is 8.94. The van der Waals surface area contributed by atoms with Crippen LogP contribution in [-0.4, -0.2) is 67.4 Å². The molecule has 1 saturated carbocycles. The molecule has 2 aliphatic heterocycles. The highest BCUT2D eigenvalue weighted by Crippen LogP contribution is 2.41. The minimum atomic E-state index is -0.449. The second-order valence-corrected chi connectivity index (χ2v) is 8.94. The van der Waals surface area contributed by atoms with Crippen molar-refractivity contribution in [2.45, 2.75) is 39.0 Å². The maximum Gasteiger partial charge on any atom is 0.253 e. The molecule has 7 heteroatoms. The van der Waals surface area contributed by atoms with Crippen LogP contribution in [0.25, 0.3) is 0 Å². The maximum absolute atomic E-state index is 13.2. The second kappa shape index (κ2) is 8.38. The molecule has 30 heavy (non-hydrogen) atoms. The Hall–Kier alpha value is -2.41. The molecule has 3 fully saturated rings. The van der Waals surface area contributed by atoms with Crippen molar-refractivity contribution in [3.05, 3.63) is 29.3 Å². The summed E-state index contributed by atoms with van der Waals surface area (Å²) in [6.45, 7) is 4.84. The van der Waals surface area contributed by atoms with Crippen molar-refractivity contribution in [3.63, 3.8) is 0 Å². The molecule has 1 aliphatic carbocycles. The Labute approximate surface area is 177 Å². The van der Waals surface area contributed by atoms with Gasteiger partial charge in [0.1, 0.15) is 0 Å². The van der Waals surface area contributed by atoms with Crippen LogP contribution < -0.4 is 5.32 Å². The standard InChI is InChI=1S/C23H31N3O4/c1-16-6-7-18(14-19(16)24-20(27)17-4-3-5-17)21(28)26-11-9-23(15-26)8-10-25(22(23)29)12-13-30-2/h6-7,14,17H,3-5,8-13,15H2,1-2H3,(H,24,27). The van der Waals surface area contributed by atoms with E-state index in [1.165, 1.54) is 0 Å². The van der Waals surface area contributed by atoms with Gasteiger partial charge < -0.3 is 19.9 Å². The van der Waals surface area contributed by atoms with Crippen LogP contribution in [0.3, 0.4) is 0 Å².